The Balaban J connectivity index is 2.10. The van der Waals surface area contributed by atoms with Gasteiger partial charge in [0.1, 0.15) is 0 Å². The summed E-state index contributed by atoms with van der Waals surface area (Å²) in [6.45, 7) is 4.65. The summed E-state index contributed by atoms with van der Waals surface area (Å²) in [6, 6.07) is 0.627. The highest BCUT2D eigenvalue weighted by molar-refractivity contribution is 5.81. The van der Waals surface area contributed by atoms with Crippen LogP contribution in [0.1, 0.15) is 39.5 Å². The van der Waals surface area contributed by atoms with Gasteiger partial charge in [-0.15, -0.1) is 0 Å². The van der Waals surface area contributed by atoms with Crippen molar-refractivity contribution in [2.24, 2.45) is 23.2 Å². The Hall–Kier alpha value is -0.830. The number of methoxy groups -OCH3 is 1. The highest BCUT2D eigenvalue weighted by atomic mass is 16.5. The fourth-order valence-corrected chi connectivity index (χ4v) is 4.52. The van der Waals surface area contributed by atoms with Crippen molar-refractivity contribution in [1.29, 1.82) is 0 Å². The molecule has 0 aliphatic heterocycles. The normalized spacial score (nSPS) is 42.3. The Bertz CT molecular complexity index is 364. The van der Waals surface area contributed by atoms with Gasteiger partial charge in [0.25, 0.3) is 0 Å². The lowest BCUT2D eigenvalue weighted by Crippen LogP contribution is -2.49. The van der Waals surface area contributed by atoms with E-state index in [9.17, 15) is 4.79 Å². The lowest BCUT2D eigenvalue weighted by atomic mass is 9.57. The van der Waals surface area contributed by atoms with Crippen molar-refractivity contribution in [2.45, 2.75) is 45.6 Å². The fraction of sp³-hybridized carbons (Fsp3) is 0.812. The first-order chi connectivity index (χ1) is 8.97. The molecule has 1 N–H and O–H groups in total. The molecule has 0 heterocycles. The van der Waals surface area contributed by atoms with Crippen LogP contribution in [0.25, 0.3) is 0 Å². The molecule has 3 nitrogen and oxygen atoms in total. The van der Waals surface area contributed by atoms with Crippen LogP contribution in [0.4, 0.5) is 0 Å². The van der Waals surface area contributed by atoms with Crippen LogP contribution < -0.4 is 5.32 Å². The molecule has 2 bridgehead atoms. The molecule has 0 aromatic heterocycles. The molecule has 5 atom stereocenters. The molecule has 2 rings (SSSR count). The smallest absolute Gasteiger partial charge is 0.330 e. The number of carbonyl (C=O) groups is 1. The number of fused-ring (bicyclic) bond motifs is 2. The van der Waals surface area contributed by atoms with Crippen molar-refractivity contribution in [3.05, 3.63) is 12.2 Å². The van der Waals surface area contributed by atoms with E-state index >= 15 is 0 Å². The summed E-state index contributed by atoms with van der Waals surface area (Å²) in [5.74, 6) is 2.07. The van der Waals surface area contributed by atoms with Crippen molar-refractivity contribution in [3.63, 3.8) is 0 Å². The second-order valence-electron chi connectivity index (χ2n) is 6.81. The standard InChI is InChI=1S/C16H27NO2/c1-11-7-12-8-13(15(11)17-3)10-16(2,9-12)6-5-14(18)19-4/h5-6,11-13,15,17H,7-10H2,1-4H3/b6-5+. The maximum Gasteiger partial charge on any atom is 0.330 e. The van der Waals surface area contributed by atoms with Crippen LogP contribution in [-0.4, -0.2) is 26.2 Å². The molecule has 0 saturated heterocycles. The SMILES string of the molecule is CNC1C(C)CC2CC1CC(C)(/C=C/C(=O)OC)C2. The van der Waals surface area contributed by atoms with Gasteiger partial charge < -0.3 is 10.1 Å². The molecule has 0 aromatic carbocycles. The quantitative estimate of drug-likeness (QED) is 0.630. The van der Waals surface area contributed by atoms with Crippen molar-refractivity contribution in [3.8, 4) is 0 Å². The van der Waals surface area contributed by atoms with Crippen LogP contribution in [0.15, 0.2) is 12.2 Å². The van der Waals surface area contributed by atoms with Crippen molar-refractivity contribution in [1.82, 2.24) is 5.32 Å². The summed E-state index contributed by atoms with van der Waals surface area (Å²) in [4.78, 5) is 11.3. The molecular formula is C16H27NO2. The number of carbonyl (C=O) groups excluding carboxylic acids is 1. The molecule has 19 heavy (non-hydrogen) atoms. The predicted octanol–water partition coefficient (Wildman–Crippen LogP) is 2.77. The Morgan fingerprint density at radius 2 is 2.11 bits per heavy atom. The van der Waals surface area contributed by atoms with Gasteiger partial charge in [-0.05, 0) is 55.9 Å². The topological polar surface area (TPSA) is 38.3 Å². The number of hydrogen-bond donors (Lipinski definition) is 1. The van der Waals surface area contributed by atoms with Crippen molar-refractivity contribution >= 4 is 5.97 Å². The van der Waals surface area contributed by atoms with Gasteiger partial charge in [0.2, 0.25) is 0 Å². The minimum absolute atomic E-state index is 0.150. The first-order valence-electron chi connectivity index (χ1n) is 7.42. The zero-order valence-electron chi connectivity index (χ0n) is 12.6. The highest BCUT2D eigenvalue weighted by Gasteiger charge is 2.44. The number of ether oxygens (including phenoxy) is 1. The van der Waals surface area contributed by atoms with E-state index in [4.69, 9.17) is 4.74 Å². The van der Waals surface area contributed by atoms with Crippen LogP contribution in [0, 0.1) is 23.2 Å². The van der Waals surface area contributed by atoms with E-state index in [0.717, 1.165) is 17.8 Å². The van der Waals surface area contributed by atoms with Gasteiger partial charge in [-0.25, -0.2) is 4.79 Å². The summed E-state index contributed by atoms with van der Waals surface area (Å²) in [5.41, 5.74) is 0.150. The molecule has 0 spiro atoms. The molecule has 2 aliphatic carbocycles. The lowest BCUT2D eigenvalue weighted by Gasteiger charge is -2.50. The Kier molecular flexibility index (Phi) is 4.34. The zero-order chi connectivity index (χ0) is 14.0. The molecule has 0 radical (unpaired) electrons. The first kappa shape index (κ1) is 14.6. The third-order valence-electron chi connectivity index (χ3n) is 5.10. The Morgan fingerprint density at radius 3 is 2.74 bits per heavy atom. The second kappa shape index (κ2) is 5.66. The van der Waals surface area contributed by atoms with Crippen LogP contribution in [0.2, 0.25) is 0 Å². The van der Waals surface area contributed by atoms with Gasteiger partial charge in [0.05, 0.1) is 7.11 Å². The van der Waals surface area contributed by atoms with E-state index in [0.29, 0.717) is 6.04 Å². The van der Waals surface area contributed by atoms with Crippen molar-refractivity contribution < 1.29 is 9.53 Å². The van der Waals surface area contributed by atoms with Gasteiger partial charge >= 0.3 is 5.97 Å². The summed E-state index contributed by atoms with van der Waals surface area (Å²) < 4.78 is 4.70. The molecule has 2 aliphatic rings. The first-order valence-corrected chi connectivity index (χ1v) is 7.42. The lowest BCUT2D eigenvalue weighted by molar-refractivity contribution is -0.134. The van der Waals surface area contributed by atoms with E-state index in [1.54, 1.807) is 6.08 Å². The minimum Gasteiger partial charge on any atom is -0.466 e. The van der Waals surface area contributed by atoms with E-state index in [2.05, 4.69) is 32.3 Å². The van der Waals surface area contributed by atoms with Gasteiger partial charge in [-0.3, -0.25) is 0 Å². The summed E-state index contributed by atoms with van der Waals surface area (Å²) in [6.07, 6.45) is 8.73. The molecule has 108 valence electrons. The molecule has 2 fully saturated rings. The predicted molar refractivity (Wildman–Crippen MR) is 76.7 cm³/mol. The number of rotatable bonds is 3. The number of esters is 1. The van der Waals surface area contributed by atoms with Crippen molar-refractivity contribution in [2.75, 3.05) is 14.2 Å². The van der Waals surface area contributed by atoms with Gasteiger partial charge in [0, 0.05) is 12.1 Å². The molecule has 2 saturated carbocycles. The second-order valence-corrected chi connectivity index (χ2v) is 6.81. The number of allylic oxidation sites excluding steroid dienone is 1. The number of nitrogens with one attached hydrogen (secondary N) is 1. The van der Waals surface area contributed by atoms with E-state index < -0.39 is 0 Å². The number of hydrogen-bond acceptors (Lipinski definition) is 3. The van der Waals surface area contributed by atoms with Crippen LogP contribution >= 0.6 is 0 Å². The summed E-state index contributed by atoms with van der Waals surface area (Å²) in [7, 11) is 3.51. The average Bonchev–Trinajstić information content (AvgIpc) is 2.35. The molecule has 0 amide bonds. The summed E-state index contributed by atoms with van der Waals surface area (Å²) >= 11 is 0. The fourth-order valence-electron chi connectivity index (χ4n) is 4.52. The summed E-state index contributed by atoms with van der Waals surface area (Å²) in [5, 5.41) is 3.51. The molecule has 3 heteroatoms. The highest BCUT2D eigenvalue weighted by Crippen LogP contribution is 2.50. The van der Waals surface area contributed by atoms with Crippen LogP contribution in [0.5, 0.6) is 0 Å². The Morgan fingerprint density at radius 1 is 1.37 bits per heavy atom. The molecule has 5 unspecified atom stereocenters. The van der Waals surface area contributed by atoms with E-state index in [-0.39, 0.29) is 11.4 Å². The maximum absolute atomic E-state index is 11.3. The van der Waals surface area contributed by atoms with E-state index in [1.165, 1.54) is 32.8 Å². The van der Waals surface area contributed by atoms with Gasteiger partial charge in [-0.2, -0.15) is 0 Å². The Labute approximate surface area is 116 Å². The zero-order valence-corrected chi connectivity index (χ0v) is 12.6. The third kappa shape index (κ3) is 3.19. The van der Waals surface area contributed by atoms with Gasteiger partial charge in [0.15, 0.2) is 0 Å². The van der Waals surface area contributed by atoms with E-state index in [1.807, 2.05) is 0 Å². The monoisotopic (exact) mass is 265 g/mol. The minimum atomic E-state index is -0.240. The third-order valence-corrected chi connectivity index (χ3v) is 5.10. The molecule has 0 aromatic rings. The largest absolute Gasteiger partial charge is 0.466 e. The van der Waals surface area contributed by atoms with Crippen LogP contribution in [0.3, 0.4) is 0 Å². The molecular weight excluding hydrogens is 238 g/mol. The maximum atomic E-state index is 11.3. The average molecular weight is 265 g/mol. The van der Waals surface area contributed by atoms with Gasteiger partial charge in [-0.1, -0.05) is 19.9 Å². The van der Waals surface area contributed by atoms with Crippen LogP contribution in [-0.2, 0) is 9.53 Å².